The predicted octanol–water partition coefficient (Wildman–Crippen LogP) is 4.80. The third-order valence-electron chi connectivity index (χ3n) is 13.1. The van der Waals surface area contributed by atoms with Crippen molar-refractivity contribution in [2.45, 2.75) is 147 Å². The molecule has 0 aromatic carbocycles. The zero-order valence-electron chi connectivity index (χ0n) is 28.7. The molecule has 0 aromatic heterocycles. The van der Waals surface area contributed by atoms with Gasteiger partial charge in [0.15, 0.2) is 12.0 Å². The Kier molecular flexibility index (Phi) is 9.87. The van der Waals surface area contributed by atoms with Crippen LogP contribution in [0.2, 0.25) is 0 Å². The number of aliphatic hydroxyl groups is 2. The maximum atomic E-state index is 12.8. The first kappa shape index (κ1) is 34.5. The molecule has 10 heteroatoms. The van der Waals surface area contributed by atoms with E-state index < -0.39 is 42.6 Å². The minimum absolute atomic E-state index is 0.0676. The second-order valence-electron chi connectivity index (χ2n) is 15.3. The summed E-state index contributed by atoms with van der Waals surface area (Å²) in [5.41, 5.74) is 0.278. The zero-order valence-corrected chi connectivity index (χ0v) is 28.7. The smallest absolute Gasteiger partial charge is 0.252 e. The van der Waals surface area contributed by atoms with Gasteiger partial charge in [0.25, 0.3) is 5.78 Å². The highest BCUT2D eigenvalue weighted by atomic mass is 16.7. The lowest BCUT2D eigenvalue weighted by Gasteiger charge is -2.59. The first-order valence-electron chi connectivity index (χ1n) is 17.5. The quantitative estimate of drug-likeness (QED) is 0.266. The molecule has 46 heavy (non-hydrogen) atoms. The van der Waals surface area contributed by atoms with Gasteiger partial charge >= 0.3 is 0 Å². The first-order valence-corrected chi connectivity index (χ1v) is 17.5. The van der Waals surface area contributed by atoms with Gasteiger partial charge in [-0.25, -0.2) is 0 Å². The summed E-state index contributed by atoms with van der Waals surface area (Å²) in [6.07, 6.45) is 7.98. The van der Waals surface area contributed by atoms with Crippen molar-refractivity contribution in [3.05, 3.63) is 23.5 Å². The largest absolute Gasteiger partial charge is 0.493 e. The monoisotopic (exact) mass is 648 g/mol. The van der Waals surface area contributed by atoms with Crippen LogP contribution in [0.1, 0.15) is 92.4 Å². The molecule has 14 atom stereocenters. The molecule has 1 saturated heterocycles. The van der Waals surface area contributed by atoms with Gasteiger partial charge in [0.05, 0.1) is 43.2 Å². The van der Waals surface area contributed by atoms with Crippen LogP contribution in [-0.4, -0.2) is 91.8 Å². The Morgan fingerprint density at radius 3 is 2.57 bits per heavy atom. The Morgan fingerprint density at radius 2 is 1.83 bits per heavy atom. The number of Topliss-reactive ketones (excluding diaryl/α,β-unsaturated/α-hetero) is 1. The van der Waals surface area contributed by atoms with E-state index in [1.807, 2.05) is 20.8 Å². The molecule has 2 heterocycles. The molecule has 0 radical (unpaired) electrons. The maximum Gasteiger partial charge on any atom is 0.252 e. The average Bonchev–Trinajstić information content (AvgIpc) is 3.31. The zero-order chi connectivity index (χ0) is 33.0. The number of aliphatic hydroxyl groups excluding tert-OH is 1. The van der Waals surface area contributed by atoms with Crippen LogP contribution < -0.4 is 0 Å². The number of ether oxygens (including phenoxy) is 7. The van der Waals surface area contributed by atoms with Crippen LogP contribution in [0.15, 0.2) is 23.5 Å². The highest BCUT2D eigenvalue weighted by Gasteiger charge is 2.65. The summed E-state index contributed by atoms with van der Waals surface area (Å²) in [5.74, 6) is 1.50. The minimum Gasteiger partial charge on any atom is -0.493 e. The fourth-order valence-corrected chi connectivity index (χ4v) is 10.4. The van der Waals surface area contributed by atoms with E-state index in [1.54, 1.807) is 13.2 Å². The van der Waals surface area contributed by atoms with E-state index in [-0.39, 0.29) is 35.6 Å². The number of allylic oxidation sites excluding steroid dienone is 1. The topological polar surface area (TPSA) is 122 Å². The summed E-state index contributed by atoms with van der Waals surface area (Å²) in [5, 5.41) is 23.0. The van der Waals surface area contributed by atoms with E-state index in [4.69, 9.17) is 33.2 Å². The third-order valence-corrected chi connectivity index (χ3v) is 13.1. The molecule has 0 unspecified atom stereocenters. The van der Waals surface area contributed by atoms with Crippen molar-refractivity contribution in [1.29, 1.82) is 0 Å². The maximum absolute atomic E-state index is 12.8. The molecule has 4 fully saturated rings. The van der Waals surface area contributed by atoms with E-state index >= 15 is 0 Å². The van der Waals surface area contributed by atoms with E-state index in [2.05, 4.69) is 19.9 Å². The predicted molar refractivity (Wildman–Crippen MR) is 168 cm³/mol. The number of carbonyl (C=O) groups excluding carboxylic acids is 1. The molecule has 10 nitrogen and oxygen atoms in total. The molecule has 6 rings (SSSR count). The Hall–Kier alpha value is -1.37. The van der Waals surface area contributed by atoms with Gasteiger partial charge in [-0.3, -0.25) is 4.79 Å². The molecule has 260 valence electrons. The molecule has 0 bridgehead atoms. The molecule has 0 spiro atoms. The minimum atomic E-state index is -0.982. The van der Waals surface area contributed by atoms with Crippen molar-refractivity contribution >= 4 is 5.78 Å². The Bertz CT molecular complexity index is 1190. The lowest BCUT2D eigenvalue weighted by molar-refractivity contribution is -0.296. The lowest BCUT2D eigenvalue weighted by Crippen LogP contribution is -2.59. The van der Waals surface area contributed by atoms with Crippen molar-refractivity contribution in [3.8, 4) is 0 Å². The van der Waals surface area contributed by atoms with Crippen molar-refractivity contribution < 1.29 is 48.2 Å². The van der Waals surface area contributed by atoms with Crippen LogP contribution in [-0.2, 0) is 38.0 Å². The Balaban J connectivity index is 1.12. The SMILES string of the molecule is COCO[C@@H]1C[C@H](O[C@H](C)[C@@]2(O)CC[C@H]3[C@@H]4CC=C5C[C@@H](O[C@H]6O[C@@H](C)C=C(OC)C6=O)CC[C@]5(C)[C@H]4CC[C@@]32C)O[C@H](C)[C@H]1O. The number of methoxy groups -OCH3 is 2. The number of rotatable bonds is 9. The van der Waals surface area contributed by atoms with Crippen LogP contribution in [0.25, 0.3) is 0 Å². The van der Waals surface area contributed by atoms with Gasteiger partial charge in [-0.15, -0.1) is 0 Å². The van der Waals surface area contributed by atoms with Crippen molar-refractivity contribution in [1.82, 2.24) is 0 Å². The van der Waals surface area contributed by atoms with Gasteiger partial charge in [0.2, 0.25) is 6.29 Å². The summed E-state index contributed by atoms with van der Waals surface area (Å²) in [6, 6.07) is 0. The van der Waals surface area contributed by atoms with E-state index in [1.165, 1.54) is 12.7 Å². The summed E-state index contributed by atoms with van der Waals surface area (Å²) >= 11 is 0. The Labute approximate surface area is 274 Å². The second-order valence-corrected chi connectivity index (χ2v) is 15.3. The molecule has 4 aliphatic carbocycles. The number of hydrogen-bond acceptors (Lipinski definition) is 10. The van der Waals surface area contributed by atoms with Crippen LogP contribution in [0.4, 0.5) is 0 Å². The number of carbonyl (C=O) groups is 1. The van der Waals surface area contributed by atoms with E-state index in [0.29, 0.717) is 36.4 Å². The van der Waals surface area contributed by atoms with Gasteiger partial charge in [-0.2, -0.15) is 0 Å². The average molecular weight is 649 g/mol. The number of fused-ring (bicyclic) bond motifs is 5. The summed E-state index contributed by atoms with van der Waals surface area (Å²) in [7, 11) is 3.07. The van der Waals surface area contributed by atoms with E-state index in [0.717, 1.165) is 44.9 Å². The summed E-state index contributed by atoms with van der Waals surface area (Å²) in [6.45, 7) is 10.5. The van der Waals surface area contributed by atoms with Crippen LogP contribution in [0, 0.1) is 28.6 Å². The fraction of sp³-hybridized carbons (Fsp3) is 0.861. The van der Waals surface area contributed by atoms with Crippen molar-refractivity contribution in [2.24, 2.45) is 28.6 Å². The summed E-state index contributed by atoms with van der Waals surface area (Å²) in [4.78, 5) is 12.8. The molecule has 2 aliphatic heterocycles. The highest BCUT2D eigenvalue weighted by Crippen LogP contribution is 2.68. The molecular weight excluding hydrogens is 592 g/mol. The Morgan fingerprint density at radius 1 is 1.07 bits per heavy atom. The number of hydrogen-bond donors (Lipinski definition) is 2. The molecule has 0 amide bonds. The second kappa shape index (κ2) is 13.2. The van der Waals surface area contributed by atoms with Gasteiger partial charge in [0, 0.05) is 18.9 Å². The normalized spacial score (nSPS) is 48.1. The van der Waals surface area contributed by atoms with Gasteiger partial charge in [0.1, 0.15) is 12.9 Å². The molecule has 0 aromatic rings. The third kappa shape index (κ3) is 5.82. The van der Waals surface area contributed by atoms with Crippen LogP contribution >= 0.6 is 0 Å². The van der Waals surface area contributed by atoms with Crippen molar-refractivity contribution in [3.63, 3.8) is 0 Å². The van der Waals surface area contributed by atoms with Gasteiger partial charge in [-0.1, -0.05) is 25.5 Å². The molecule has 3 saturated carbocycles. The molecule has 6 aliphatic rings. The van der Waals surface area contributed by atoms with E-state index in [9.17, 15) is 15.0 Å². The van der Waals surface area contributed by atoms with Crippen molar-refractivity contribution in [2.75, 3.05) is 21.0 Å². The molecular formula is C36H56O10. The van der Waals surface area contributed by atoms with Gasteiger partial charge < -0.3 is 43.4 Å². The summed E-state index contributed by atoms with van der Waals surface area (Å²) < 4.78 is 40.7. The first-order chi connectivity index (χ1) is 21.8. The standard InChI is InChI=1S/C36H56O10/c1-20-16-28(41-7)32(38)33(43-20)46-24-10-13-34(4)23(17-24)8-9-25-26(34)11-14-35(5)27(25)12-15-36(35,39)22(3)45-30-18-29(42-19-40-6)31(37)21(2)44-30/h8,16,20-22,24-27,29-31,33,37,39H,9-15,17-19H2,1-7H3/t20-,21+,22+,24-,25+,26-,27-,29+,30-,31+,33+,34-,35-,36-/m0/s1. The van der Waals surface area contributed by atoms with Crippen LogP contribution in [0.3, 0.4) is 0 Å². The van der Waals surface area contributed by atoms with Crippen LogP contribution in [0.5, 0.6) is 0 Å². The highest BCUT2D eigenvalue weighted by molar-refractivity contribution is 5.96. The van der Waals surface area contributed by atoms with Gasteiger partial charge in [-0.05, 0) is 101 Å². The number of ketones is 1. The lowest BCUT2D eigenvalue weighted by atomic mass is 9.46. The molecule has 2 N–H and O–H groups in total. The fourth-order valence-electron chi connectivity index (χ4n) is 10.4.